The zero-order valence-corrected chi connectivity index (χ0v) is 12.2. The predicted octanol–water partition coefficient (Wildman–Crippen LogP) is 4.02. The molecule has 1 aromatic rings. The van der Waals surface area contributed by atoms with E-state index >= 15 is 0 Å². The van der Waals surface area contributed by atoms with Crippen LogP contribution in [0.1, 0.15) is 39.5 Å². The van der Waals surface area contributed by atoms with Crippen LogP contribution < -0.4 is 10.6 Å². The lowest BCUT2D eigenvalue weighted by Crippen LogP contribution is -2.30. The van der Waals surface area contributed by atoms with Crippen LogP contribution in [-0.2, 0) is 0 Å². The summed E-state index contributed by atoms with van der Waals surface area (Å²) in [6.45, 7) is 4.83. The molecule has 1 saturated carbocycles. The molecule has 0 aliphatic heterocycles. The first kappa shape index (κ1) is 14.6. The molecule has 0 aromatic heterocycles. The van der Waals surface area contributed by atoms with Crippen LogP contribution in [0.25, 0.3) is 0 Å². The number of hydrogen-bond acceptors (Lipinski definition) is 4. The van der Waals surface area contributed by atoms with Gasteiger partial charge in [0, 0.05) is 12.6 Å². The summed E-state index contributed by atoms with van der Waals surface area (Å²) in [5.41, 5.74) is 1.38. The molecule has 5 heteroatoms. The molecule has 1 aliphatic rings. The van der Waals surface area contributed by atoms with E-state index in [4.69, 9.17) is 0 Å². The summed E-state index contributed by atoms with van der Waals surface area (Å²) >= 11 is 0. The van der Waals surface area contributed by atoms with Gasteiger partial charge in [0.2, 0.25) is 0 Å². The topological polar surface area (TPSA) is 67.2 Å². The molecule has 20 heavy (non-hydrogen) atoms. The van der Waals surface area contributed by atoms with E-state index in [1.165, 1.54) is 19.3 Å². The van der Waals surface area contributed by atoms with Gasteiger partial charge >= 0.3 is 5.69 Å². The van der Waals surface area contributed by atoms with Crippen molar-refractivity contribution < 1.29 is 4.92 Å². The zero-order chi connectivity index (χ0) is 14.5. The first-order chi connectivity index (χ1) is 9.63. The van der Waals surface area contributed by atoms with Crippen molar-refractivity contribution >= 4 is 17.1 Å². The van der Waals surface area contributed by atoms with Gasteiger partial charge in [-0.15, -0.1) is 0 Å². The van der Waals surface area contributed by atoms with Crippen molar-refractivity contribution in [3.8, 4) is 0 Å². The summed E-state index contributed by atoms with van der Waals surface area (Å²) in [5.74, 6) is 0.561. The second-order valence-electron chi connectivity index (χ2n) is 5.50. The molecule has 2 rings (SSSR count). The van der Waals surface area contributed by atoms with E-state index in [0.29, 0.717) is 29.9 Å². The number of benzene rings is 1. The Kier molecular flexibility index (Phi) is 4.82. The fraction of sp³-hybridized carbons (Fsp3) is 0.600. The van der Waals surface area contributed by atoms with Gasteiger partial charge in [-0.05, 0) is 37.8 Å². The van der Waals surface area contributed by atoms with E-state index in [1.54, 1.807) is 12.1 Å². The second-order valence-corrected chi connectivity index (χ2v) is 5.50. The monoisotopic (exact) mass is 277 g/mol. The average molecular weight is 277 g/mol. The van der Waals surface area contributed by atoms with E-state index < -0.39 is 0 Å². The Morgan fingerprint density at radius 1 is 1.30 bits per heavy atom. The number of nitro groups is 1. The summed E-state index contributed by atoms with van der Waals surface area (Å²) in [7, 11) is 0. The van der Waals surface area contributed by atoms with Crippen LogP contribution in [0.3, 0.4) is 0 Å². The van der Waals surface area contributed by atoms with Crippen molar-refractivity contribution in [2.45, 2.75) is 45.6 Å². The third-order valence-electron chi connectivity index (χ3n) is 4.04. The maximum atomic E-state index is 11.4. The third-order valence-corrected chi connectivity index (χ3v) is 4.04. The SMILES string of the molecule is CCNc1cccc(NC2CCCCC2C)c1[N+](=O)[O-]. The summed E-state index contributed by atoms with van der Waals surface area (Å²) in [6.07, 6.45) is 4.74. The van der Waals surface area contributed by atoms with Gasteiger partial charge in [0.15, 0.2) is 0 Å². The van der Waals surface area contributed by atoms with Crippen molar-refractivity contribution in [1.82, 2.24) is 0 Å². The number of nitro benzene ring substituents is 1. The molecule has 110 valence electrons. The van der Waals surface area contributed by atoms with Gasteiger partial charge in [0.05, 0.1) is 4.92 Å². The predicted molar refractivity (Wildman–Crippen MR) is 82.3 cm³/mol. The van der Waals surface area contributed by atoms with Crippen LogP contribution in [0.5, 0.6) is 0 Å². The first-order valence-corrected chi connectivity index (χ1v) is 7.41. The van der Waals surface area contributed by atoms with E-state index in [2.05, 4.69) is 17.6 Å². The van der Waals surface area contributed by atoms with Gasteiger partial charge in [0.25, 0.3) is 0 Å². The average Bonchev–Trinajstić information content (AvgIpc) is 2.41. The van der Waals surface area contributed by atoms with Crippen LogP contribution in [0, 0.1) is 16.0 Å². The van der Waals surface area contributed by atoms with Gasteiger partial charge in [-0.2, -0.15) is 0 Å². The minimum Gasteiger partial charge on any atom is -0.380 e. The molecule has 1 aliphatic carbocycles. The van der Waals surface area contributed by atoms with Gasteiger partial charge in [-0.1, -0.05) is 25.8 Å². The molecule has 2 unspecified atom stereocenters. The molecule has 1 aromatic carbocycles. The number of anilines is 2. The molecule has 2 atom stereocenters. The van der Waals surface area contributed by atoms with E-state index in [1.807, 2.05) is 13.0 Å². The van der Waals surface area contributed by atoms with Crippen LogP contribution in [0.4, 0.5) is 17.1 Å². The summed E-state index contributed by atoms with van der Waals surface area (Å²) in [5, 5.41) is 17.8. The molecule has 0 spiro atoms. The van der Waals surface area contributed by atoms with Gasteiger partial charge in [0.1, 0.15) is 11.4 Å². The number of hydrogen-bond donors (Lipinski definition) is 2. The molecule has 0 bridgehead atoms. The second kappa shape index (κ2) is 6.59. The molecule has 0 heterocycles. The van der Waals surface area contributed by atoms with Crippen molar-refractivity contribution in [1.29, 1.82) is 0 Å². The number of rotatable bonds is 5. The molecular weight excluding hydrogens is 254 g/mol. The van der Waals surface area contributed by atoms with Gasteiger partial charge in [-0.25, -0.2) is 0 Å². The quantitative estimate of drug-likeness (QED) is 0.630. The Balaban J connectivity index is 2.26. The van der Waals surface area contributed by atoms with Crippen LogP contribution in [0.2, 0.25) is 0 Å². The molecule has 5 nitrogen and oxygen atoms in total. The lowest BCUT2D eigenvalue weighted by atomic mass is 9.86. The van der Waals surface area contributed by atoms with Gasteiger partial charge < -0.3 is 10.6 Å². The maximum absolute atomic E-state index is 11.4. The van der Waals surface area contributed by atoms with E-state index in [0.717, 1.165) is 6.42 Å². The van der Waals surface area contributed by atoms with Crippen molar-refractivity contribution in [2.24, 2.45) is 5.92 Å². The molecule has 2 N–H and O–H groups in total. The summed E-state index contributed by atoms with van der Waals surface area (Å²) in [4.78, 5) is 11.1. The van der Waals surface area contributed by atoms with E-state index in [-0.39, 0.29) is 10.6 Å². The normalized spacial score (nSPS) is 22.3. The smallest absolute Gasteiger partial charge is 0.315 e. The molecule has 0 radical (unpaired) electrons. The summed E-state index contributed by atoms with van der Waals surface area (Å²) < 4.78 is 0. The highest BCUT2D eigenvalue weighted by atomic mass is 16.6. The number of nitrogens with one attached hydrogen (secondary N) is 2. The third kappa shape index (κ3) is 3.21. The van der Waals surface area contributed by atoms with Crippen molar-refractivity contribution in [2.75, 3.05) is 17.2 Å². The lowest BCUT2D eigenvalue weighted by Gasteiger charge is -2.30. The van der Waals surface area contributed by atoms with Gasteiger partial charge in [-0.3, -0.25) is 10.1 Å². The highest BCUT2D eigenvalue weighted by Crippen LogP contribution is 2.35. The largest absolute Gasteiger partial charge is 0.380 e. The zero-order valence-electron chi connectivity index (χ0n) is 12.2. The Bertz CT molecular complexity index is 476. The number of nitrogens with zero attached hydrogens (tertiary/aromatic N) is 1. The van der Waals surface area contributed by atoms with Crippen molar-refractivity contribution in [3.05, 3.63) is 28.3 Å². The highest BCUT2D eigenvalue weighted by Gasteiger charge is 2.25. The number of para-hydroxylation sites is 1. The fourth-order valence-electron chi connectivity index (χ4n) is 2.92. The van der Waals surface area contributed by atoms with Crippen LogP contribution in [-0.4, -0.2) is 17.5 Å². The molecule has 0 saturated heterocycles. The Morgan fingerprint density at radius 2 is 2.00 bits per heavy atom. The minimum absolute atomic E-state index is 0.159. The van der Waals surface area contributed by atoms with Crippen LogP contribution >= 0.6 is 0 Å². The first-order valence-electron chi connectivity index (χ1n) is 7.41. The fourth-order valence-corrected chi connectivity index (χ4v) is 2.92. The highest BCUT2D eigenvalue weighted by molar-refractivity contribution is 5.76. The Morgan fingerprint density at radius 3 is 2.65 bits per heavy atom. The molecule has 0 amide bonds. The lowest BCUT2D eigenvalue weighted by molar-refractivity contribution is -0.383. The Hall–Kier alpha value is -1.78. The molecule has 1 fully saturated rings. The summed E-state index contributed by atoms with van der Waals surface area (Å²) in [6, 6.07) is 5.76. The Labute approximate surface area is 119 Å². The minimum atomic E-state index is -0.298. The van der Waals surface area contributed by atoms with Crippen molar-refractivity contribution in [3.63, 3.8) is 0 Å². The van der Waals surface area contributed by atoms with E-state index in [9.17, 15) is 10.1 Å². The standard InChI is InChI=1S/C15H23N3O2/c1-3-16-13-9-6-10-14(15(13)18(19)20)17-12-8-5-4-7-11(12)2/h6,9-12,16-17H,3-5,7-8H2,1-2H3. The maximum Gasteiger partial charge on any atom is 0.315 e. The molecular formula is C15H23N3O2. The van der Waals surface area contributed by atoms with Crippen LogP contribution in [0.15, 0.2) is 18.2 Å².